The number of carboxylic acid groups (broad SMARTS) is 1. The Morgan fingerprint density at radius 1 is 1.21 bits per heavy atom. The van der Waals surface area contributed by atoms with Crippen molar-refractivity contribution in [1.29, 1.82) is 0 Å². The van der Waals surface area contributed by atoms with Crippen molar-refractivity contribution in [2.24, 2.45) is 0 Å². The maximum Gasteiger partial charge on any atom is 0.320 e. The molecular weight excluding hydrogens is 238 g/mol. The van der Waals surface area contributed by atoms with E-state index in [0.29, 0.717) is 6.54 Å². The summed E-state index contributed by atoms with van der Waals surface area (Å²) in [6.07, 6.45) is 0. The molecule has 0 aliphatic rings. The maximum absolute atomic E-state index is 11.1. The van der Waals surface area contributed by atoms with Crippen LogP contribution in [0.1, 0.15) is 19.4 Å². The predicted molar refractivity (Wildman–Crippen MR) is 77.1 cm³/mol. The van der Waals surface area contributed by atoms with Crippen LogP contribution in [0.5, 0.6) is 0 Å². The van der Waals surface area contributed by atoms with Crippen LogP contribution in [0, 0.1) is 0 Å². The normalized spacial score (nSPS) is 12.8. The van der Waals surface area contributed by atoms with Crippen molar-refractivity contribution < 1.29 is 9.90 Å². The average molecular weight is 257 g/mol. The summed E-state index contributed by atoms with van der Waals surface area (Å²) in [6.45, 7) is 5.10. The molecule has 2 rings (SSSR count). The molecule has 1 N–H and O–H groups in total. The van der Waals surface area contributed by atoms with Crippen LogP contribution in [0.25, 0.3) is 10.8 Å². The van der Waals surface area contributed by atoms with Gasteiger partial charge in [0.05, 0.1) is 0 Å². The van der Waals surface area contributed by atoms with Gasteiger partial charge in [0.25, 0.3) is 0 Å². The molecule has 19 heavy (non-hydrogen) atoms. The molecule has 0 aromatic heterocycles. The lowest BCUT2D eigenvalue weighted by Crippen LogP contribution is -2.38. The smallest absolute Gasteiger partial charge is 0.320 e. The first-order valence-electron chi connectivity index (χ1n) is 6.56. The maximum atomic E-state index is 11.1. The molecule has 1 unspecified atom stereocenters. The molecule has 3 nitrogen and oxygen atoms in total. The summed E-state index contributed by atoms with van der Waals surface area (Å²) in [6, 6.07) is 14.0. The van der Waals surface area contributed by atoms with Crippen molar-refractivity contribution in [2.45, 2.75) is 26.4 Å². The Bertz CT molecular complexity index is 580. The molecule has 0 heterocycles. The third-order valence-corrected chi connectivity index (χ3v) is 3.51. The number of aliphatic carboxylic acids is 1. The van der Waals surface area contributed by atoms with Gasteiger partial charge in [-0.3, -0.25) is 9.69 Å². The van der Waals surface area contributed by atoms with Crippen LogP contribution in [0.3, 0.4) is 0 Å². The van der Waals surface area contributed by atoms with E-state index in [1.54, 1.807) is 6.92 Å². The molecule has 1 atom stereocenters. The number of hydrogen-bond donors (Lipinski definition) is 1. The summed E-state index contributed by atoms with van der Waals surface area (Å²) >= 11 is 0. The van der Waals surface area contributed by atoms with Crippen molar-refractivity contribution in [3.8, 4) is 0 Å². The first-order chi connectivity index (χ1) is 9.11. The fourth-order valence-corrected chi connectivity index (χ4v) is 2.25. The highest BCUT2D eigenvalue weighted by atomic mass is 16.4. The van der Waals surface area contributed by atoms with Gasteiger partial charge in [0, 0.05) is 6.54 Å². The minimum absolute atomic E-state index is 0.462. The number of carboxylic acids is 1. The molecule has 0 spiro atoms. The summed E-state index contributed by atoms with van der Waals surface area (Å²) in [7, 11) is 0. The highest BCUT2D eigenvalue weighted by Gasteiger charge is 2.18. The number of nitrogens with zero attached hydrogens (tertiary/aromatic N) is 1. The second kappa shape index (κ2) is 5.85. The summed E-state index contributed by atoms with van der Waals surface area (Å²) < 4.78 is 0. The number of carbonyl (C=O) groups is 1. The number of fused-ring (bicyclic) bond motifs is 1. The van der Waals surface area contributed by atoms with E-state index < -0.39 is 12.0 Å². The predicted octanol–water partition coefficient (Wildman–Crippen LogP) is 3.13. The number of rotatable bonds is 5. The Morgan fingerprint density at radius 2 is 1.89 bits per heavy atom. The zero-order chi connectivity index (χ0) is 13.8. The van der Waals surface area contributed by atoms with Gasteiger partial charge in [0.15, 0.2) is 0 Å². The van der Waals surface area contributed by atoms with Crippen LogP contribution < -0.4 is 0 Å². The number of hydrogen-bond acceptors (Lipinski definition) is 2. The van der Waals surface area contributed by atoms with Gasteiger partial charge < -0.3 is 5.11 Å². The van der Waals surface area contributed by atoms with Gasteiger partial charge in [-0.15, -0.1) is 0 Å². The molecule has 0 saturated carbocycles. The van der Waals surface area contributed by atoms with Gasteiger partial charge in [0.2, 0.25) is 0 Å². The van der Waals surface area contributed by atoms with Crippen molar-refractivity contribution in [3.63, 3.8) is 0 Å². The van der Waals surface area contributed by atoms with E-state index in [-0.39, 0.29) is 0 Å². The van der Waals surface area contributed by atoms with Gasteiger partial charge >= 0.3 is 5.97 Å². The van der Waals surface area contributed by atoms with Crippen LogP contribution in [-0.4, -0.2) is 28.6 Å². The molecule has 0 amide bonds. The van der Waals surface area contributed by atoms with E-state index in [2.05, 4.69) is 30.3 Å². The van der Waals surface area contributed by atoms with Gasteiger partial charge in [-0.2, -0.15) is 0 Å². The van der Waals surface area contributed by atoms with E-state index in [0.717, 1.165) is 12.1 Å². The van der Waals surface area contributed by atoms with E-state index in [4.69, 9.17) is 5.11 Å². The zero-order valence-corrected chi connectivity index (χ0v) is 11.3. The molecule has 0 radical (unpaired) electrons. The Kier molecular flexibility index (Phi) is 4.17. The van der Waals surface area contributed by atoms with Gasteiger partial charge in [-0.25, -0.2) is 0 Å². The summed E-state index contributed by atoms with van der Waals surface area (Å²) in [5.74, 6) is -0.775. The quantitative estimate of drug-likeness (QED) is 0.894. The molecule has 100 valence electrons. The number of likely N-dealkylation sites (N-methyl/N-ethyl adjacent to an activating group) is 1. The minimum atomic E-state index is -0.775. The Labute approximate surface area is 113 Å². The van der Waals surface area contributed by atoms with E-state index >= 15 is 0 Å². The summed E-state index contributed by atoms with van der Waals surface area (Å²) in [5.41, 5.74) is 1.15. The van der Waals surface area contributed by atoms with Crippen molar-refractivity contribution in [3.05, 3.63) is 48.0 Å². The van der Waals surface area contributed by atoms with Crippen molar-refractivity contribution >= 4 is 16.7 Å². The lowest BCUT2D eigenvalue weighted by molar-refractivity contribution is -0.142. The highest BCUT2D eigenvalue weighted by Crippen LogP contribution is 2.17. The van der Waals surface area contributed by atoms with Gasteiger partial charge in [0.1, 0.15) is 6.04 Å². The first kappa shape index (κ1) is 13.6. The first-order valence-corrected chi connectivity index (χ1v) is 6.56. The third kappa shape index (κ3) is 3.12. The standard InChI is InChI=1S/C16H19NO2/c1-3-17(12(2)16(18)19)11-13-8-9-14-6-4-5-7-15(14)10-13/h4-10,12H,3,11H2,1-2H3,(H,18,19). The largest absolute Gasteiger partial charge is 0.480 e. The Hall–Kier alpha value is -1.87. The highest BCUT2D eigenvalue weighted by molar-refractivity contribution is 5.83. The lowest BCUT2D eigenvalue weighted by atomic mass is 10.1. The van der Waals surface area contributed by atoms with E-state index in [9.17, 15) is 4.79 Å². The minimum Gasteiger partial charge on any atom is -0.480 e. The molecule has 0 aliphatic heterocycles. The molecule has 0 aliphatic carbocycles. The Balaban J connectivity index is 2.22. The molecule has 2 aromatic rings. The van der Waals surface area contributed by atoms with Crippen LogP contribution in [0.15, 0.2) is 42.5 Å². The van der Waals surface area contributed by atoms with Crippen LogP contribution >= 0.6 is 0 Å². The zero-order valence-electron chi connectivity index (χ0n) is 11.3. The molecule has 0 saturated heterocycles. The molecule has 3 heteroatoms. The lowest BCUT2D eigenvalue weighted by Gasteiger charge is -2.24. The number of benzene rings is 2. The van der Waals surface area contributed by atoms with Crippen LogP contribution in [-0.2, 0) is 11.3 Å². The molecule has 0 bridgehead atoms. The second-order valence-electron chi connectivity index (χ2n) is 4.76. The van der Waals surface area contributed by atoms with Crippen LogP contribution in [0.2, 0.25) is 0 Å². The second-order valence-corrected chi connectivity index (χ2v) is 4.76. The molecule has 0 fully saturated rings. The monoisotopic (exact) mass is 257 g/mol. The Morgan fingerprint density at radius 3 is 2.53 bits per heavy atom. The third-order valence-electron chi connectivity index (χ3n) is 3.51. The van der Waals surface area contributed by atoms with Crippen molar-refractivity contribution in [1.82, 2.24) is 4.90 Å². The van der Waals surface area contributed by atoms with E-state index in [1.165, 1.54) is 10.8 Å². The fraction of sp³-hybridized carbons (Fsp3) is 0.312. The topological polar surface area (TPSA) is 40.5 Å². The summed E-state index contributed by atoms with van der Waals surface area (Å²) in [5, 5.41) is 11.5. The van der Waals surface area contributed by atoms with Gasteiger partial charge in [-0.05, 0) is 35.9 Å². The summed E-state index contributed by atoms with van der Waals surface area (Å²) in [4.78, 5) is 13.0. The fourth-order valence-electron chi connectivity index (χ4n) is 2.25. The molecular formula is C16H19NO2. The SMILES string of the molecule is CCN(Cc1ccc2ccccc2c1)C(C)C(=O)O. The average Bonchev–Trinajstić information content (AvgIpc) is 2.43. The molecule has 2 aromatic carbocycles. The van der Waals surface area contributed by atoms with Crippen molar-refractivity contribution in [2.75, 3.05) is 6.54 Å². The van der Waals surface area contributed by atoms with Crippen LogP contribution in [0.4, 0.5) is 0 Å². The van der Waals surface area contributed by atoms with Gasteiger partial charge in [-0.1, -0.05) is 43.3 Å². The van der Waals surface area contributed by atoms with E-state index in [1.807, 2.05) is 24.0 Å².